The van der Waals surface area contributed by atoms with Gasteiger partial charge in [0.25, 0.3) is 5.91 Å². The van der Waals surface area contributed by atoms with Crippen LogP contribution in [0.15, 0.2) is 23.3 Å². The number of anilines is 1. The number of rotatable bonds is 2. The molecule has 0 unspecified atom stereocenters. The zero-order valence-corrected chi connectivity index (χ0v) is 14.3. The highest BCUT2D eigenvalue weighted by molar-refractivity contribution is 6.10. The summed E-state index contributed by atoms with van der Waals surface area (Å²) in [5.74, 6) is 0.209. The van der Waals surface area contributed by atoms with E-state index in [1.807, 2.05) is 27.7 Å². The molecule has 0 fully saturated rings. The number of H-pyrrole nitrogens is 1. The van der Waals surface area contributed by atoms with Crippen molar-refractivity contribution in [2.24, 2.45) is 7.05 Å². The molecule has 0 aromatic carbocycles. The Morgan fingerprint density at radius 1 is 1.29 bits per heavy atom. The highest BCUT2D eigenvalue weighted by atomic mass is 16.2. The lowest BCUT2D eigenvalue weighted by molar-refractivity contribution is 0.102. The third kappa shape index (κ3) is 2.70. The van der Waals surface area contributed by atoms with Crippen LogP contribution in [0.1, 0.15) is 36.8 Å². The van der Waals surface area contributed by atoms with Crippen LogP contribution in [0, 0.1) is 6.92 Å². The van der Waals surface area contributed by atoms with Gasteiger partial charge in [0.1, 0.15) is 5.82 Å². The Morgan fingerprint density at radius 2 is 2.00 bits per heavy atom. The smallest absolute Gasteiger partial charge is 0.259 e. The van der Waals surface area contributed by atoms with Gasteiger partial charge in [-0.1, -0.05) is 0 Å². The van der Waals surface area contributed by atoms with E-state index in [1.165, 1.54) is 6.07 Å². The van der Waals surface area contributed by atoms with Crippen LogP contribution in [0.5, 0.6) is 0 Å². The lowest BCUT2D eigenvalue weighted by atomic mass is 10.1. The van der Waals surface area contributed by atoms with Gasteiger partial charge in [-0.3, -0.25) is 9.59 Å². The van der Waals surface area contributed by atoms with Gasteiger partial charge in [-0.05, 0) is 27.7 Å². The average Bonchev–Trinajstić information content (AvgIpc) is 3.01. The summed E-state index contributed by atoms with van der Waals surface area (Å²) < 4.78 is 3.46. The summed E-state index contributed by atoms with van der Waals surface area (Å²) in [5.41, 5.74) is 1.38. The maximum atomic E-state index is 12.8. The summed E-state index contributed by atoms with van der Waals surface area (Å²) in [5, 5.41) is 7.29. The van der Waals surface area contributed by atoms with Crippen molar-refractivity contribution in [3.8, 4) is 0 Å². The summed E-state index contributed by atoms with van der Waals surface area (Å²) in [6.07, 6.45) is 1.56. The van der Waals surface area contributed by atoms with E-state index < -0.39 is 0 Å². The Balaban J connectivity index is 2.06. The van der Waals surface area contributed by atoms with E-state index in [2.05, 4.69) is 20.4 Å². The van der Waals surface area contributed by atoms with Crippen molar-refractivity contribution in [3.63, 3.8) is 0 Å². The third-order valence-electron chi connectivity index (χ3n) is 3.66. The van der Waals surface area contributed by atoms with Crippen molar-refractivity contribution in [1.82, 2.24) is 24.3 Å². The Labute approximate surface area is 138 Å². The molecule has 3 aromatic rings. The van der Waals surface area contributed by atoms with Crippen LogP contribution < -0.4 is 10.9 Å². The molecule has 24 heavy (non-hydrogen) atoms. The van der Waals surface area contributed by atoms with Gasteiger partial charge in [-0.15, -0.1) is 0 Å². The first kappa shape index (κ1) is 16.0. The summed E-state index contributed by atoms with van der Waals surface area (Å²) in [4.78, 5) is 31.3. The van der Waals surface area contributed by atoms with E-state index in [1.54, 1.807) is 28.7 Å². The molecular formula is C16H20N6O2. The van der Waals surface area contributed by atoms with Crippen molar-refractivity contribution < 1.29 is 4.79 Å². The van der Waals surface area contributed by atoms with Gasteiger partial charge in [-0.25, -0.2) is 9.67 Å². The van der Waals surface area contributed by atoms with Crippen LogP contribution >= 0.6 is 0 Å². The van der Waals surface area contributed by atoms with Crippen LogP contribution in [-0.2, 0) is 12.6 Å². The molecule has 0 radical (unpaired) electrons. The summed E-state index contributed by atoms with van der Waals surface area (Å²) in [6, 6.07) is 3.08. The second-order valence-corrected chi connectivity index (χ2v) is 6.81. The maximum Gasteiger partial charge on any atom is 0.259 e. The number of nitrogens with one attached hydrogen (secondary N) is 2. The molecule has 0 saturated carbocycles. The first-order chi connectivity index (χ1) is 11.2. The van der Waals surface area contributed by atoms with Gasteiger partial charge in [0.2, 0.25) is 5.56 Å². The molecule has 0 aliphatic rings. The Kier molecular flexibility index (Phi) is 3.55. The van der Waals surface area contributed by atoms with E-state index >= 15 is 0 Å². The van der Waals surface area contributed by atoms with Crippen molar-refractivity contribution in [2.45, 2.75) is 33.2 Å². The van der Waals surface area contributed by atoms with E-state index in [0.717, 1.165) is 5.69 Å². The first-order valence-electron chi connectivity index (χ1n) is 7.59. The van der Waals surface area contributed by atoms with Crippen LogP contribution in [0.2, 0.25) is 0 Å². The van der Waals surface area contributed by atoms with E-state index in [0.29, 0.717) is 17.0 Å². The Bertz CT molecular complexity index is 986. The fraction of sp³-hybridized carbons (Fsp3) is 0.375. The van der Waals surface area contributed by atoms with Gasteiger partial charge in [0, 0.05) is 19.2 Å². The Hall–Kier alpha value is -2.90. The number of hydrogen-bond donors (Lipinski definition) is 2. The van der Waals surface area contributed by atoms with Gasteiger partial charge in [0.15, 0.2) is 5.65 Å². The molecule has 0 saturated heterocycles. The number of fused-ring (bicyclic) bond motifs is 1. The largest absolute Gasteiger partial charge is 0.332 e. The molecule has 0 bridgehead atoms. The number of aryl methyl sites for hydroxylation is 2. The molecule has 0 atom stereocenters. The zero-order chi connectivity index (χ0) is 17.6. The molecule has 8 heteroatoms. The predicted molar refractivity (Wildman–Crippen MR) is 91.2 cm³/mol. The van der Waals surface area contributed by atoms with E-state index in [4.69, 9.17) is 0 Å². The number of hydrogen-bond acceptors (Lipinski definition) is 4. The van der Waals surface area contributed by atoms with Crippen LogP contribution in [-0.4, -0.2) is 30.2 Å². The topological polar surface area (TPSA) is 97.6 Å². The van der Waals surface area contributed by atoms with Gasteiger partial charge < -0.3 is 14.9 Å². The summed E-state index contributed by atoms with van der Waals surface area (Å²) in [6.45, 7) is 7.87. The Morgan fingerprint density at radius 3 is 2.67 bits per heavy atom. The van der Waals surface area contributed by atoms with Gasteiger partial charge >= 0.3 is 0 Å². The number of amides is 1. The average molecular weight is 328 g/mol. The van der Waals surface area contributed by atoms with Crippen LogP contribution in [0.3, 0.4) is 0 Å². The number of carbonyl (C=O) groups is 1. The molecule has 126 valence electrons. The number of pyridine rings is 1. The molecule has 3 aromatic heterocycles. The normalized spacial score (nSPS) is 11.9. The molecule has 0 aliphatic carbocycles. The highest BCUT2D eigenvalue weighted by Gasteiger charge is 2.22. The minimum atomic E-state index is -0.375. The molecule has 3 rings (SSSR count). The number of aromatic amines is 1. The number of imidazole rings is 1. The predicted octanol–water partition coefficient (Wildman–Crippen LogP) is 1.77. The highest BCUT2D eigenvalue weighted by Crippen LogP contribution is 2.22. The van der Waals surface area contributed by atoms with E-state index in [-0.39, 0.29) is 22.6 Å². The number of nitrogens with zero attached hydrogens (tertiary/aromatic N) is 4. The number of carbonyl (C=O) groups excluding carboxylic acids is 1. The van der Waals surface area contributed by atoms with Crippen molar-refractivity contribution in [1.29, 1.82) is 0 Å². The van der Waals surface area contributed by atoms with Gasteiger partial charge in [0.05, 0.1) is 28.6 Å². The lowest BCUT2D eigenvalue weighted by Gasteiger charge is -2.22. The maximum absolute atomic E-state index is 12.8. The van der Waals surface area contributed by atoms with Crippen LogP contribution in [0.25, 0.3) is 11.2 Å². The molecule has 0 spiro atoms. The standard InChI is InChI=1S/C16H20N6O2/c1-9-6-11(22(20-9)16(2,3)4)18-15(24)10-7-12(23)19-14-13(10)21(5)8-17-14/h6-8H,1-5H3,(H,18,24)(H,19,23). The first-order valence-corrected chi connectivity index (χ1v) is 7.59. The van der Waals surface area contributed by atoms with Crippen molar-refractivity contribution >= 4 is 22.9 Å². The summed E-state index contributed by atoms with van der Waals surface area (Å²) >= 11 is 0. The fourth-order valence-electron chi connectivity index (χ4n) is 2.65. The molecule has 8 nitrogen and oxygen atoms in total. The van der Waals surface area contributed by atoms with Crippen molar-refractivity contribution in [2.75, 3.05) is 5.32 Å². The zero-order valence-electron chi connectivity index (χ0n) is 14.3. The molecule has 1 amide bonds. The molecule has 2 N–H and O–H groups in total. The second kappa shape index (κ2) is 5.33. The van der Waals surface area contributed by atoms with E-state index in [9.17, 15) is 9.59 Å². The lowest BCUT2D eigenvalue weighted by Crippen LogP contribution is -2.27. The minimum Gasteiger partial charge on any atom is -0.332 e. The van der Waals surface area contributed by atoms with Crippen molar-refractivity contribution in [3.05, 3.63) is 40.1 Å². The summed E-state index contributed by atoms with van der Waals surface area (Å²) in [7, 11) is 1.77. The van der Waals surface area contributed by atoms with Gasteiger partial charge in [-0.2, -0.15) is 5.10 Å². The fourth-order valence-corrected chi connectivity index (χ4v) is 2.65. The van der Waals surface area contributed by atoms with Crippen LogP contribution in [0.4, 0.5) is 5.82 Å². The monoisotopic (exact) mass is 328 g/mol. The number of aromatic nitrogens is 5. The molecule has 0 aliphatic heterocycles. The second-order valence-electron chi connectivity index (χ2n) is 6.81. The third-order valence-corrected chi connectivity index (χ3v) is 3.66. The molecular weight excluding hydrogens is 308 g/mol. The minimum absolute atomic E-state index is 0.271. The molecule has 3 heterocycles. The quantitative estimate of drug-likeness (QED) is 0.749. The SMILES string of the molecule is Cc1cc(NC(=O)c2cc(=O)[nH]c3ncn(C)c23)n(C(C)(C)C)n1.